The first-order valence-corrected chi connectivity index (χ1v) is 8.89. The van der Waals surface area contributed by atoms with Crippen LogP contribution in [0.4, 0.5) is 0 Å². The zero-order valence-corrected chi connectivity index (χ0v) is 14.3. The lowest BCUT2D eigenvalue weighted by Crippen LogP contribution is -2.40. The number of benzene rings is 2. The Morgan fingerprint density at radius 1 is 0.957 bits per heavy atom. The minimum Gasteiger partial charge on any atom is -0.357 e. The number of ether oxygens (including phenoxy) is 1. The van der Waals surface area contributed by atoms with Crippen molar-refractivity contribution in [3.05, 3.63) is 71.8 Å². The summed E-state index contributed by atoms with van der Waals surface area (Å²) >= 11 is 0. The molecule has 4 rings (SSSR count). The number of hydrogen-bond donors (Lipinski definition) is 0. The Balaban J connectivity index is 1.88. The lowest BCUT2D eigenvalue weighted by molar-refractivity contribution is 0.176. The Kier molecular flexibility index (Phi) is 3.39. The number of rotatable bonds is 3. The van der Waals surface area contributed by atoms with Crippen molar-refractivity contribution in [3.8, 4) is 0 Å². The van der Waals surface area contributed by atoms with E-state index in [1.165, 1.54) is 17.5 Å². The lowest BCUT2D eigenvalue weighted by Gasteiger charge is -2.40. The van der Waals surface area contributed by atoms with Gasteiger partial charge in [-0.25, -0.2) is 0 Å². The second kappa shape index (κ2) is 5.21. The van der Waals surface area contributed by atoms with Gasteiger partial charge in [0, 0.05) is 5.92 Å². The van der Waals surface area contributed by atoms with Crippen LogP contribution in [0.15, 0.2) is 60.7 Å². The molecule has 1 saturated heterocycles. The molecule has 0 radical (unpaired) electrons. The van der Waals surface area contributed by atoms with Gasteiger partial charge in [0.1, 0.15) is 11.2 Å². The molecule has 0 amide bonds. The van der Waals surface area contributed by atoms with Gasteiger partial charge in [-0.3, -0.25) is 0 Å². The zero-order valence-electron chi connectivity index (χ0n) is 14.3. The van der Waals surface area contributed by atoms with Crippen molar-refractivity contribution in [3.63, 3.8) is 0 Å². The highest BCUT2D eigenvalue weighted by Gasteiger charge is 2.74. The van der Waals surface area contributed by atoms with Gasteiger partial charge in [-0.05, 0) is 42.7 Å². The highest BCUT2D eigenvalue weighted by atomic mass is 16.6. The molecule has 2 aliphatic rings. The molecule has 1 heteroatoms. The van der Waals surface area contributed by atoms with Crippen LogP contribution < -0.4 is 0 Å². The molecule has 2 fully saturated rings. The molecule has 1 heterocycles. The highest BCUT2D eigenvalue weighted by molar-refractivity contribution is 5.42. The fraction of sp³-hybridized carbons (Fsp3) is 0.455. The van der Waals surface area contributed by atoms with E-state index >= 15 is 0 Å². The summed E-state index contributed by atoms with van der Waals surface area (Å²) in [5, 5.41) is 0. The predicted octanol–water partition coefficient (Wildman–Crippen LogP) is 5.52. The Morgan fingerprint density at radius 3 is 2.17 bits per heavy atom. The van der Waals surface area contributed by atoms with Crippen LogP contribution in [0.2, 0.25) is 0 Å². The third-order valence-electron chi connectivity index (χ3n) is 6.17. The maximum Gasteiger partial charge on any atom is 0.130 e. The van der Waals surface area contributed by atoms with E-state index in [0.717, 1.165) is 6.42 Å². The molecule has 1 aliphatic carbocycles. The zero-order chi connectivity index (χ0) is 16.1. The van der Waals surface area contributed by atoms with Crippen molar-refractivity contribution in [2.75, 3.05) is 0 Å². The molecular weight excluding hydrogens is 280 g/mol. The van der Waals surface area contributed by atoms with Crippen LogP contribution in [-0.4, -0.2) is 5.60 Å². The molecule has 2 aromatic carbocycles. The average Bonchev–Trinajstić information content (AvgIpc) is 3.22. The van der Waals surface area contributed by atoms with E-state index in [-0.39, 0.29) is 11.2 Å². The summed E-state index contributed by atoms with van der Waals surface area (Å²) in [6.07, 6.45) is 2.41. The standard InChI is InChI=1S/C22H26O/c1-16(2)19-14-15-21(3)22(23-21,18-12-8-5-9-13-18)20(19)17-10-6-4-7-11-17/h4-13,16,19-20H,14-15H2,1-3H3. The third-order valence-corrected chi connectivity index (χ3v) is 6.17. The van der Waals surface area contributed by atoms with Crippen LogP contribution in [0, 0.1) is 11.8 Å². The molecule has 1 aliphatic heterocycles. The van der Waals surface area contributed by atoms with Gasteiger partial charge < -0.3 is 4.74 Å². The molecule has 0 bridgehead atoms. The first-order chi connectivity index (χ1) is 11.1. The Hall–Kier alpha value is -1.60. The fourth-order valence-corrected chi connectivity index (χ4v) is 4.96. The topological polar surface area (TPSA) is 12.5 Å². The SMILES string of the molecule is CC(C)C1CCC2(C)OC2(c2ccccc2)C1c1ccccc1. The van der Waals surface area contributed by atoms with Gasteiger partial charge in [-0.1, -0.05) is 74.5 Å². The summed E-state index contributed by atoms with van der Waals surface area (Å²) in [7, 11) is 0. The van der Waals surface area contributed by atoms with Gasteiger partial charge in [0.25, 0.3) is 0 Å². The first kappa shape index (κ1) is 15.0. The van der Waals surface area contributed by atoms with Crippen LogP contribution in [0.1, 0.15) is 50.7 Å². The van der Waals surface area contributed by atoms with E-state index < -0.39 is 0 Å². The van der Waals surface area contributed by atoms with E-state index in [0.29, 0.717) is 17.8 Å². The largest absolute Gasteiger partial charge is 0.357 e. The quantitative estimate of drug-likeness (QED) is 0.680. The van der Waals surface area contributed by atoms with Gasteiger partial charge in [-0.15, -0.1) is 0 Å². The normalized spacial score (nSPS) is 35.8. The van der Waals surface area contributed by atoms with Crippen LogP contribution in [0.25, 0.3) is 0 Å². The van der Waals surface area contributed by atoms with Crippen molar-refractivity contribution in [1.29, 1.82) is 0 Å². The van der Waals surface area contributed by atoms with E-state index in [1.807, 2.05) is 0 Å². The molecule has 1 nitrogen and oxygen atoms in total. The minimum absolute atomic E-state index is 0.0136. The van der Waals surface area contributed by atoms with Gasteiger partial charge in [0.2, 0.25) is 0 Å². The fourth-order valence-electron chi connectivity index (χ4n) is 4.96. The van der Waals surface area contributed by atoms with Gasteiger partial charge in [0.15, 0.2) is 0 Å². The molecule has 4 unspecified atom stereocenters. The van der Waals surface area contributed by atoms with Gasteiger partial charge >= 0.3 is 0 Å². The van der Waals surface area contributed by atoms with Crippen LogP contribution in [-0.2, 0) is 10.3 Å². The van der Waals surface area contributed by atoms with Crippen LogP contribution >= 0.6 is 0 Å². The molecule has 4 atom stereocenters. The molecule has 2 aromatic rings. The predicted molar refractivity (Wildman–Crippen MR) is 94.4 cm³/mol. The Bertz CT molecular complexity index is 678. The summed E-state index contributed by atoms with van der Waals surface area (Å²) in [5.41, 5.74) is 2.61. The van der Waals surface area contributed by atoms with E-state index in [4.69, 9.17) is 4.74 Å². The Labute approximate surface area is 139 Å². The highest BCUT2D eigenvalue weighted by Crippen LogP contribution is 2.70. The van der Waals surface area contributed by atoms with Crippen molar-refractivity contribution >= 4 is 0 Å². The smallest absolute Gasteiger partial charge is 0.130 e. The molecule has 120 valence electrons. The second-order valence-electron chi connectivity index (χ2n) is 7.77. The molecule has 0 spiro atoms. The first-order valence-electron chi connectivity index (χ1n) is 8.89. The molecule has 23 heavy (non-hydrogen) atoms. The molecule has 1 saturated carbocycles. The maximum absolute atomic E-state index is 6.59. The summed E-state index contributed by atoms with van der Waals surface area (Å²) in [6.45, 7) is 7.04. The average molecular weight is 306 g/mol. The lowest BCUT2D eigenvalue weighted by atomic mass is 9.60. The summed E-state index contributed by atoms with van der Waals surface area (Å²) in [6, 6.07) is 21.9. The number of fused-ring (bicyclic) bond motifs is 1. The molecular formula is C22H26O. The van der Waals surface area contributed by atoms with Crippen LogP contribution in [0.3, 0.4) is 0 Å². The van der Waals surface area contributed by atoms with E-state index in [1.54, 1.807) is 0 Å². The van der Waals surface area contributed by atoms with E-state index in [2.05, 4.69) is 81.4 Å². The van der Waals surface area contributed by atoms with Gasteiger partial charge in [-0.2, -0.15) is 0 Å². The number of epoxide rings is 1. The van der Waals surface area contributed by atoms with E-state index in [9.17, 15) is 0 Å². The monoisotopic (exact) mass is 306 g/mol. The third kappa shape index (κ3) is 2.10. The van der Waals surface area contributed by atoms with Crippen LogP contribution in [0.5, 0.6) is 0 Å². The maximum atomic E-state index is 6.59. The van der Waals surface area contributed by atoms with Crippen molar-refractivity contribution in [2.45, 2.75) is 50.7 Å². The summed E-state index contributed by atoms with van der Waals surface area (Å²) < 4.78 is 6.59. The second-order valence-corrected chi connectivity index (χ2v) is 7.77. The number of hydrogen-bond acceptors (Lipinski definition) is 1. The van der Waals surface area contributed by atoms with Crippen molar-refractivity contribution in [2.24, 2.45) is 11.8 Å². The minimum atomic E-state index is -0.150. The summed E-state index contributed by atoms with van der Waals surface area (Å²) in [4.78, 5) is 0. The van der Waals surface area contributed by atoms with Crippen molar-refractivity contribution < 1.29 is 4.74 Å². The summed E-state index contributed by atoms with van der Waals surface area (Å²) in [5.74, 6) is 1.76. The Morgan fingerprint density at radius 2 is 1.57 bits per heavy atom. The molecule has 0 N–H and O–H groups in total. The van der Waals surface area contributed by atoms with Crippen molar-refractivity contribution in [1.82, 2.24) is 0 Å². The molecule has 0 aromatic heterocycles. The van der Waals surface area contributed by atoms with Gasteiger partial charge in [0.05, 0.1) is 0 Å².